The molecule has 0 radical (unpaired) electrons. The van der Waals surface area contributed by atoms with Gasteiger partial charge in [0.15, 0.2) is 0 Å². The van der Waals surface area contributed by atoms with E-state index >= 15 is 0 Å². The van der Waals surface area contributed by atoms with Gasteiger partial charge in [0.25, 0.3) is 0 Å². The number of aromatic nitrogens is 1. The molecule has 0 aliphatic carbocycles. The lowest BCUT2D eigenvalue weighted by molar-refractivity contribution is 0.340. The van der Waals surface area contributed by atoms with E-state index in [1.165, 1.54) is 0 Å². The molecule has 0 saturated carbocycles. The first-order valence-electron chi connectivity index (χ1n) is 5.42. The molecule has 0 N–H and O–H groups in total. The molecule has 0 aliphatic rings. The monoisotopic (exact) mass is 224 g/mol. The molecule has 0 amide bonds. The largest absolute Gasteiger partial charge is 0.494 e. The zero-order chi connectivity index (χ0) is 12.1. The average Bonchev–Trinajstić information content (AvgIpc) is 2.40. The Morgan fingerprint density at radius 3 is 2.65 bits per heavy atom. The van der Waals surface area contributed by atoms with Crippen molar-refractivity contribution in [3.8, 4) is 22.9 Å². The zero-order valence-corrected chi connectivity index (χ0v) is 9.55. The summed E-state index contributed by atoms with van der Waals surface area (Å²) in [4.78, 5) is 4.05. The van der Waals surface area contributed by atoms with Crippen LogP contribution in [0.2, 0.25) is 0 Å². The SMILES string of the molecule is CCOc1ccc(-c2cnccc2C#N)cc1. The van der Waals surface area contributed by atoms with Crippen LogP contribution in [0.15, 0.2) is 42.7 Å². The Kier molecular flexibility index (Phi) is 3.37. The van der Waals surface area contributed by atoms with Crippen LogP contribution >= 0.6 is 0 Å². The Morgan fingerprint density at radius 2 is 2.00 bits per heavy atom. The highest BCUT2D eigenvalue weighted by Gasteiger charge is 2.04. The predicted molar refractivity (Wildman–Crippen MR) is 65.6 cm³/mol. The maximum Gasteiger partial charge on any atom is 0.119 e. The van der Waals surface area contributed by atoms with E-state index in [0.717, 1.165) is 16.9 Å². The predicted octanol–water partition coefficient (Wildman–Crippen LogP) is 3.02. The molecular formula is C14H12N2O. The zero-order valence-electron chi connectivity index (χ0n) is 9.55. The van der Waals surface area contributed by atoms with Crippen molar-refractivity contribution in [2.24, 2.45) is 0 Å². The van der Waals surface area contributed by atoms with Gasteiger partial charge in [-0.3, -0.25) is 4.98 Å². The molecule has 0 atom stereocenters. The average molecular weight is 224 g/mol. The molecular weight excluding hydrogens is 212 g/mol. The molecule has 1 aromatic carbocycles. The van der Waals surface area contributed by atoms with Crippen LogP contribution in [0.25, 0.3) is 11.1 Å². The van der Waals surface area contributed by atoms with Crippen molar-refractivity contribution in [3.63, 3.8) is 0 Å². The fourth-order valence-electron chi connectivity index (χ4n) is 1.62. The summed E-state index contributed by atoms with van der Waals surface area (Å²) in [6.07, 6.45) is 3.32. The number of nitriles is 1. The number of ether oxygens (including phenoxy) is 1. The molecule has 2 rings (SSSR count). The summed E-state index contributed by atoms with van der Waals surface area (Å²) in [5.41, 5.74) is 2.44. The smallest absolute Gasteiger partial charge is 0.119 e. The third kappa shape index (κ3) is 2.43. The highest BCUT2D eigenvalue weighted by molar-refractivity contribution is 5.69. The van der Waals surface area contributed by atoms with E-state index in [0.29, 0.717) is 12.2 Å². The molecule has 0 bridgehead atoms. The lowest BCUT2D eigenvalue weighted by Gasteiger charge is -2.06. The Labute approximate surface area is 100 Å². The van der Waals surface area contributed by atoms with Crippen LogP contribution in [0.5, 0.6) is 5.75 Å². The highest BCUT2D eigenvalue weighted by Crippen LogP contribution is 2.24. The van der Waals surface area contributed by atoms with Gasteiger partial charge in [-0.1, -0.05) is 12.1 Å². The normalized spacial score (nSPS) is 9.65. The van der Waals surface area contributed by atoms with E-state index in [1.807, 2.05) is 31.2 Å². The Morgan fingerprint density at radius 1 is 1.24 bits per heavy atom. The second kappa shape index (κ2) is 5.13. The molecule has 0 fully saturated rings. The first-order valence-corrected chi connectivity index (χ1v) is 5.42. The second-order valence-corrected chi connectivity index (χ2v) is 3.49. The first-order chi connectivity index (χ1) is 8.35. The summed E-state index contributed by atoms with van der Waals surface area (Å²) < 4.78 is 5.37. The van der Waals surface area contributed by atoms with Crippen molar-refractivity contribution in [2.45, 2.75) is 6.92 Å². The molecule has 1 aromatic heterocycles. The van der Waals surface area contributed by atoms with Gasteiger partial charge in [-0.2, -0.15) is 5.26 Å². The van der Waals surface area contributed by atoms with Crippen molar-refractivity contribution < 1.29 is 4.74 Å². The minimum atomic E-state index is 0.629. The Hall–Kier alpha value is -2.34. The fraction of sp³-hybridized carbons (Fsp3) is 0.143. The van der Waals surface area contributed by atoms with Crippen LogP contribution in [-0.2, 0) is 0 Å². The molecule has 17 heavy (non-hydrogen) atoms. The summed E-state index contributed by atoms with van der Waals surface area (Å²) in [6.45, 7) is 2.60. The van der Waals surface area contributed by atoms with E-state index < -0.39 is 0 Å². The van der Waals surface area contributed by atoms with Gasteiger partial charge in [0, 0.05) is 18.0 Å². The van der Waals surface area contributed by atoms with E-state index in [9.17, 15) is 0 Å². The van der Waals surface area contributed by atoms with Gasteiger partial charge in [-0.25, -0.2) is 0 Å². The third-order valence-corrected chi connectivity index (χ3v) is 2.42. The molecule has 84 valence electrons. The number of nitrogens with zero attached hydrogens (tertiary/aromatic N) is 2. The molecule has 1 heterocycles. The number of hydrogen-bond donors (Lipinski definition) is 0. The molecule has 0 aliphatic heterocycles. The summed E-state index contributed by atoms with van der Waals surface area (Å²) in [5.74, 6) is 0.832. The summed E-state index contributed by atoms with van der Waals surface area (Å²) >= 11 is 0. The van der Waals surface area contributed by atoms with Gasteiger partial charge in [0.2, 0.25) is 0 Å². The van der Waals surface area contributed by atoms with E-state index in [4.69, 9.17) is 10.00 Å². The lowest BCUT2D eigenvalue weighted by Crippen LogP contribution is -1.91. The molecule has 0 spiro atoms. The van der Waals surface area contributed by atoms with Crippen molar-refractivity contribution in [1.82, 2.24) is 4.98 Å². The first kappa shape index (κ1) is 11.2. The van der Waals surface area contributed by atoms with Gasteiger partial charge in [0.05, 0.1) is 18.2 Å². The Balaban J connectivity index is 2.37. The molecule has 3 nitrogen and oxygen atoms in total. The van der Waals surface area contributed by atoms with Crippen LogP contribution in [0.3, 0.4) is 0 Å². The summed E-state index contributed by atoms with van der Waals surface area (Å²) in [5, 5.41) is 9.02. The minimum absolute atomic E-state index is 0.629. The van der Waals surface area contributed by atoms with Gasteiger partial charge < -0.3 is 4.74 Å². The van der Waals surface area contributed by atoms with Crippen LogP contribution < -0.4 is 4.74 Å². The van der Waals surface area contributed by atoms with E-state index in [-0.39, 0.29) is 0 Å². The topological polar surface area (TPSA) is 45.9 Å². The molecule has 0 saturated heterocycles. The summed E-state index contributed by atoms with van der Waals surface area (Å²) in [6, 6.07) is 11.5. The van der Waals surface area contributed by atoms with Crippen molar-refractivity contribution >= 4 is 0 Å². The lowest BCUT2D eigenvalue weighted by atomic mass is 10.0. The van der Waals surface area contributed by atoms with Gasteiger partial charge in [0.1, 0.15) is 5.75 Å². The van der Waals surface area contributed by atoms with Crippen molar-refractivity contribution in [1.29, 1.82) is 5.26 Å². The van der Waals surface area contributed by atoms with Crippen LogP contribution in [-0.4, -0.2) is 11.6 Å². The maximum absolute atomic E-state index is 9.02. The summed E-state index contributed by atoms with van der Waals surface area (Å²) in [7, 11) is 0. The number of pyridine rings is 1. The number of hydrogen-bond acceptors (Lipinski definition) is 3. The molecule has 0 unspecified atom stereocenters. The quantitative estimate of drug-likeness (QED) is 0.805. The molecule has 3 heteroatoms. The number of benzene rings is 1. The van der Waals surface area contributed by atoms with Gasteiger partial charge in [-0.05, 0) is 30.7 Å². The standard InChI is InChI=1S/C14H12N2O/c1-2-17-13-5-3-11(4-6-13)14-10-16-8-7-12(14)9-15/h3-8,10H,2H2,1H3. The van der Waals surface area contributed by atoms with Gasteiger partial charge >= 0.3 is 0 Å². The highest BCUT2D eigenvalue weighted by atomic mass is 16.5. The fourth-order valence-corrected chi connectivity index (χ4v) is 1.62. The van der Waals surface area contributed by atoms with Crippen molar-refractivity contribution in [3.05, 3.63) is 48.3 Å². The third-order valence-electron chi connectivity index (χ3n) is 2.42. The molecule has 2 aromatic rings. The van der Waals surface area contributed by atoms with Crippen LogP contribution in [0.1, 0.15) is 12.5 Å². The maximum atomic E-state index is 9.02. The minimum Gasteiger partial charge on any atom is -0.494 e. The second-order valence-electron chi connectivity index (χ2n) is 3.49. The number of rotatable bonds is 3. The van der Waals surface area contributed by atoms with Gasteiger partial charge in [-0.15, -0.1) is 0 Å². The van der Waals surface area contributed by atoms with Crippen molar-refractivity contribution in [2.75, 3.05) is 6.61 Å². The Bertz CT molecular complexity index is 541. The van der Waals surface area contributed by atoms with E-state index in [2.05, 4.69) is 11.1 Å². The van der Waals surface area contributed by atoms with Crippen LogP contribution in [0.4, 0.5) is 0 Å². The van der Waals surface area contributed by atoms with Crippen LogP contribution in [0, 0.1) is 11.3 Å². The van der Waals surface area contributed by atoms with E-state index in [1.54, 1.807) is 18.5 Å².